The lowest BCUT2D eigenvalue weighted by molar-refractivity contribution is 0.0923. The summed E-state index contributed by atoms with van der Waals surface area (Å²) in [4.78, 5) is 11.7. The van der Waals surface area contributed by atoms with Crippen molar-refractivity contribution in [3.8, 4) is 0 Å². The first-order valence-corrected chi connectivity index (χ1v) is 6.24. The van der Waals surface area contributed by atoms with Crippen LogP contribution in [-0.2, 0) is 4.74 Å². The molecule has 0 aromatic heterocycles. The van der Waals surface area contributed by atoms with E-state index in [0.29, 0.717) is 36.2 Å². The van der Waals surface area contributed by atoms with Gasteiger partial charge in [0.15, 0.2) is 0 Å². The molecule has 1 aromatic carbocycles. The molecule has 1 N–H and O–H groups in total. The highest BCUT2D eigenvalue weighted by Gasteiger charge is 2.06. The minimum atomic E-state index is -0.152. The van der Waals surface area contributed by atoms with Gasteiger partial charge >= 0.3 is 0 Å². The molecule has 0 bridgehead atoms. The predicted octanol–water partition coefficient (Wildman–Crippen LogP) is 2.63. The van der Waals surface area contributed by atoms with Crippen LogP contribution in [0.4, 0.5) is 0 Å². The Labute approximate surface area is 111 Å². The summed E-state index contributed by atoms with van der Waals surface area (Å²) in [5.41, 5.74) is 1.51. The number of hydrogen-bond donors (Lipinski definition) is 1. The minimum absolute atomic E-state index is 0.152. The average Bonchev–Trinajstić information content (AvgIpc) is 2.32. The molecule has 0 saturated heterocycles. The Morgan fingerprint density at radius 3 is 2.82 bits per heavy atom. The lowest BCUT2D eigenvalue weighted by Gasteiger charge is -2.06. The fourth-order valence-corrected chi connectivity index (χ4v) is 1.52. The Morgan fingerprint density at radius 1 is 1.41 bits per heavy atom. The zero-order valence-corrected chi connectivity index (χ0v) is 11.1. The van der Waals surface area contributed by atoms with Crippen LogP contribution in [0.5, 0.6) is 0 Å². The van der Waals surface area contributed by atoms with E-state index in [-0.39, 0.29) is 5.91 Å². The monoisotopic (exact) mass is 275 g/mol. The second kappa shape index (κ2) is 7.54. The molecule has 1 amide bonds. The van der Waals surface area contributed by atoms with Crippen molar-refractivity contribution in [2.24, 2.45) is 0 Å². The molecular formula is C12H15Cl2NO2. The molecule has 0 atom stereocenters. The highest BCUT2D eigenvalue weighted by molar-refractivity contribution is 6.31. The summed E-state index contributed by atoms with van der Waals surface area (Å²) >= 11 is 11.4. The molecule has 1 aromatic rings. The molecule has 17 heavy (non-hydrogen) atoms. The van der Waals surface area contributed by atoms with E-state index in [9.17, 15) is 4.79 Å². The number of rotatable bonds is 6. The number of carbonyl (C=O) groups excluding carboxylic acids is 1. The van der Waals surface area contributed by atoms with Crippen molar-refractivity contribution < 1.29 is 9.53 Å². The molecule has 94 valence electrons. The summed E-state index contributed by atoms with van der Waals surface area (Å²) < 4.78 is 5.14. The van der Waals surface area contributed by atoms with Crippen molar-refractivity contribution >= 4 is 29.1 Å². The number of alkyl halides is 1. The average molecular weight is 276 g/mol. The standard InChI is InChI=1S/C12H15Cl2NO2/c1-9-2-3-10(8-11(9)14)12(16)15-5-7-17-6-4-13/h2-3,8H,4-7H2,1H3,(H,15,16). The molecule has 0 heterocycles. The third kappa shape index (κ3) is 4.94. The van der Waals surface area contributed by atoms with E-state index in [1.807, 2.05) is 13.0 Å². The molecule has 0 aliphatic carbocycles. The quantitative estimate of drug-likeness (QED) is 0.640. The summed E-state index contributed by atoms with van der Waals surface area (Å²) in [5.74, 6) is 0.308. The lowest BCUT2D eigenvalue weighted by Crippen LogP contribution is -2.27. The molecule has 5 heteroatoms. The molecular weight excluding hydrogens is 261 g/mol. The topological polar surface area (TPSA) is 38.3 Å². The maximum Gasteiger partial charge on any atom is 0.251 e. The van der Waals surface area contributed by atoms with Crippen LogP contribution in [-0.4, -0.2) is 31.5 Å². The Kier molecular flexibility index (Phi) is 6.34. The van der Waals surface area contributed by atoms with Crippen molar-refractivity contribution in [1.29, 1.82) is 0 Å². The Hall–Kier alpha value is -0.770. The van der Waals surface area contributed by atoms with Gasteiger partial charge in [-0.15, -0.1) is 11.6 Å². The van der Waals surface area contributed by atoms with Gasteiger partial charge in [-0.3, -0.25) is 4.79 Å². The van der Waals surface area contributed by atoms with Gasteiger partial charge in [-0.05, 0) is 24.6 Å². The van der Waals surface area contributed by atoms with Crippen molar-refractivity contribution in [2.75, 3.05) is 25.6 Å². The first-order valence-electron chi connectivity index (χ1n) is 5.33. The van der Waals surface area contributed by atoms with E-state index in [4.69, 9.17) is 27.9 Å². The van der Waals surface area contributed by atoms with E-state index < -0.39 is 0 Å². The second-order valence-corrected chi connectivity index (χ2v) is 4.31. The first kappa shape index (κ1) is 14.3. The fraction of sp³-hybridized carbons (Fsp3) is 0.417. The Balaban J connectivity index is 2.39. The molecule has 0 aliphatic rings. The van der Waals surface area contributed by atoms with Gasteiger partial charge in [-0.25, -0.2) is 0 Å². The third-order valence-electron chi connectivity index (χ3n) is 2.19. The third-order valence-corrected chi connectivity index (χ3v) is 2.75. The van der Waals surface area contributed by atoms with Gasteiger partial charge in [0.25, 0.3) is 5.91 Å². The molecule has 1 rings (SSSR count). The van der Waals surface area contributed by atoms with Gasteiger partial charge in [0.2, 0.25) is 0 Å². The fourth-order valence-electron chi connectivity index (χ4n) is 1.23. The molecule has 0 aliphatic heterocycles. The van der Waals surface area contributed by atoms with E-state index in [1.165, 1.54) is 0 Å². The molecule has 0 unspecified atom stereocenters. The number of nitrogens with one attached hydrogen (secondary N) is 1. The number of halogens is 2. The van der Waals surface area contributed by atoms with E-state index in [1.54, 1.807) is 12.1 Å². The summed E-state index contributed by atoms with van der Waals surface area (Å²) in [7, 11) is 0. The molecule has 0 spiro atoms. The van der Waals surface area contributed by atoms with Crippen LogP contribution in [0.25, 0.3) is 0 Å². The summed E-state index contributed by atoms with van der Waals surface area (Å²) in [6.07, 6.45) is 0. The summed E-state index contributed by atoms with van der Waals surface area (Å²) in [6.45, 7) is 3.30. The van der Waals surface area contributed by atoms with Crippen molar-refractivity contribution in [1.82, 2.24) is 5.32 Å². The van der Waals surface area contributed by atoms with Gasteiger partial charge in [-0.2, -0.15) is 0 Å². The zero-order chi connectivity index (χ0) is 12.7. The number of carbonyl (C=O) groups is 1. The minimum Gasteiger partial charge on any atom is -0.378 e. The van der Waals surface area contributed by atoms with Crippen LogP contribution in [0.1, 0.15) is 15.9 Å². The van der Waals surface area contributed by atoms with Gasteiger partial charge in [0.05, 0.1) is 13.2 Å². The molecule has 0 radical (unpaired) electrons. The number of hydrogen-bond acceptors (Lipinski definition) is 2. The molecule has 0 saturated carbocycles. The van der Waals surface area contributed by atoms with Crippen LogP contribution in [0.3, 0.4) is 0 Å². The predicted molar refractivity (Wildman–Crippen MR) is 70.1 cm³/mol. The molecule has 0 fully saturated rings. The highest BCUT2D eigenvalue weighted by Crippen LogP contribution is 2.16. The van der Waals surface area contributed by atoms with E-state index >= 15 is 0 Å². The van der Waals surface area contributed by atoms with Crippen LogP contribution in [0, 0.1) is 6.92 Å². The van der Waals surface area contributed by atoms with Crippen molar-refractivity contribution in [2.45, 2.75) is 6.92 Å². The van der Waals surface area contributed by atoms with Gasteiger partial charge in [0, 0.05) is 23.0 Å². The first-order chi connectivity index (χ1) is 8.15. The summed E-state index contributed by atoms with van der Waals surface area (Å²) in [5, 5.41) is 3.33. The van der Waals surface area contributed by atoms with Gasteiger partial charge in [0.1, 0.15) is 0 Å². The van der Waals surface area contributed by atoms with E-state index in [2.05, 4.69) is 5.32 Å². The van der Waals surface area contributed by atoms with Crippen molar-refractivity contribution in [3.05, 3.63) is 34.3 Å². The Bertz CT molecular complexity index is 383. The van der Waals surface area contributed by atoms with E-state index in [0.717, 1.165) is 5.56 Å². The SMILES string of the molecule is Cc1ccc(C(=O)NCCOCCCl)cc1Cl. The van der Waals surface area contributed by atoms with Gasteiger partial charge < -0.3 is 10.1 Å². The second-order valence-electron chi connectivity index (χ2n) is 3.52. The van der Waals surface area contributed by atoms with Crippen LogP contribution < -0.4 is 5.32 Å². The summed E-state index contributed by atoms with van der Waals surface area (Å²) in [6, 6.07) is 5.23. The maximum atomic E-state index is 11.7. The normalized spacial score (nSPS) is 10.3. The smallest absolute Gasteiger partial charge is 0.251 e. The van der Waals surface area contributed by atoms with Crippen LogP contribution >= 0.6 is 23.2 Å². The van der Waals surface area contributed by atoms with Crippen LogP contribution in [0.2, 0.25) is 5.02 Å². The number of benzene rings is 1. The largest absolute Gasteiger partial charge is 0.378 e. The van der Waals surface area contributed by atoms with Crippen LogP contribution in [0.15, 0.2) is 18.2 Å². The molecule has 3 nitrogen and oxygen atoms in total. The number of aryl methyl sites for hydroxylation is 1. The Morgan fingerprint density at radius 2 is 2.18 bits per heavy atom. The number of amides is 1. The lowest BCUT2D eigenvalue weighted by atomic mass is 10.1. The maximum absolute atomic E-state index is 11.7. The number of ether oxygens (including phenoxy) is 1. The highest BCUT2D eigenvalue weighted by atomic mass is 35.5. The van der Waals surface area contributed by atoms with Gasteiger partial charge in [-0.1, -0.05) is 17.7 Å². The van der Waals surface area contributed by atoms with Crippen molar-refractivity contribution in [3.63, 3.8) is 0 Å². The zero-order valence-electron chi connectivity index (χ0n) is 9.63.